The van der Waals surface area contributed by atoms with Gasteiger partial charge >= 0.3 is 5.97 Å². The third kappa shape index (κ3) is 4.60. The second kappa shape index (κ2) is 6.19. The first-order valence-electron chi connectivity index (χ1n) is 4.92. The molecule has 0 aliphatic carbocycles. The normalized spacial score (nSPS) is 10.3. The molecule has 0 atom stereocenters. The molecule has 0 aliphatic rings. The van der Waals surface area contributed by atoms with Crippen LogP contribution in [0, 0.1) is 6.92 Å². The Hall–Kier alpha value is -1.36. The van der Waals surface area contributed by atoms with Gasteiger partial charge in [-0.2, -0.15) is 0 Å². The summed E-state index contributed by atoms with van der Waals surface area (Å²) in [4.78, 5) is 10.8. The molecule has 0 unspecified atom stereocenters. The molecule has 0 amide bonds. The standard InChI is InChI=1S/C10H16N2O3/c1-8-6-9(15-12-8)7-11-5-3-4-10(13)14-2/h6,11H,3-5,7H2,1-2H3. The third-order valence-corrected chi connectivity index (χ3v) is 1.94. The molecule has 5 nitrogen and oxygen atoms in total. The molecule has 0 aromatic carbocycles. The van der Waals surface area contributed by atoms with Gasteiger partial charge in [0.1, 0.15) is 0 Å². The van der Waals surface area contributed by atoms with E-state index in [0.29, 0.717) is 13.0 Å². The number of nitrogens with one attached hydrogen (secondary N) is 1. The molecule has 0 bridgehead atoms. The molecule has 1 aromatic heterocycles. The van der Waals surface area contributed by atoms with Crippen LogP contribution in [0.25, 0.3) is 0 Å². The summed E-state index contributed by atoms with van der Waals surface area (Å²) in [5, 5.41) is 6.92. The summed E-state index contributed by atoms with van der Waals surface area (Å²) in [6.07, 6.45) is 1.21. The van der Waals surface area contributed by atoms with E-state index < -0.39 is 0 Å². The quantitative estimate of drug-likeness (QED) is 0.563. The number of esters is 1. The van der Waals surface area contributed by atoms with E-state index in [9.17, 15) is 4.79 Å². The van der Waals surface area contributed by atoms with Gasteiger partial charge in [-0.1, -0.05) is 5.16 Å². The van der Waals surface area contributed by atoms with Crippen molar-refractivity contribution in [1.82, 2.24) is 10.5 Å². The minimum absolute atomic E-state index is 0.174. The molecule has 0 saturated carbocycles. The van der Waals surface area contributed by atoms with Crippen molar-refractivity contribution in [2.24, 2.45) is 0 Å². The van der Waals surface area contributed by atoms with Crippen molar-refractivity contribution in [3.05, 3.63) is 17.5 Å². The van der Waals surface area contributed by atoms with E-state index in [0.717, 1.165) is 24.4 Å². The van der Waals surface area contributed by atoms with Gasteiger partial charge in [-0.25, -0.2) is 0 Å². The molecule has 1 heterocycles. The van der Waals surface area contributed by atoms with Gasteiger partial charge in [0.25, 0.3) is 0 Å². The van der Waals surface area contributed by atoms with Crippen LogP contribution in [0.4, 0.5) is 0 Å². The first-order valence-corrected chi connectivity index (χ1v) is 4.92. The molecule has 84 valence electrons. The predicted octanol–water partition coefficient (Wildman–Crippen LogP) is 1.03. The average molecular weight is 212 g/mol. The monoisotopic (exact) mass is 212 g/mol. The lowest BCUT2D eigenvalue weighted by Gasteiger charge is -2.01. The highest BCUT2D eigenvalue weighted by molar-refractivity contribution is 5.69. The van der Waals surface area contributed by atoms with Gasteiger partial charge in [0.2, 0.25) is 0 Å². The van der Waals surface area contributed by atoms with Crippen molar-refractivity contribution in [1.29, 1.82) is 0 Å². The number of hydrogen-bond acceptors (Lipinski definition) is 5. The van der Waals surface area contributed by atoms with Gasteiger partial charge in [0.05, 0.1) is 19.3 Å². The Labute approximate surface area is 88.8 Å². The highest BCUT2D eigenvalue weighted by Crippen LogP contribution is 2.01. The van der Waals surface area contributed by atoms with Crippen LogP contribution in [0.3, 0.4) is 0 Å². The van der Waals surface area contributed by atoms with Crippen LogP contribution in [0.1, 0.15) is 24.3 Å². The largest absolute Gasteiger partial charge is 0.469 e. The molecule has 0 radical (unpaired) electrons. The van der Waals surface area contributed by atoms with E-state index in [1.165, 1.54) is 7.11 Å². The zero-order valence-corrected chi connectivity index (χ0v) is 9.08. The molecule has 1 rings (SSSR count). The van der Waals surface area contributed by atoms with E-state index in [1.54, 1.807) is 0 Å². The fourth-order valence-corrected chi connectivity index (χ4v) is 1.17. The Morgan fingerprint density at radius 3 is 3.07 bits per heavy atom. The lowest BCUT2D eigenvalue weighted by molar-refractivity contribution is -0.140. The first kappa shape index (κ1) is 11.7. The molecule has 0 aliphatic heterocycles. The average Bonchev–Trinajstić information content (AvgIpc) is 2.63. The number of aromatic nitrogens is 1. The number of nitrogens with zero attached hydrogens (tertiary/aromatic N) is 1. The number of aryl methyl sites for hydroxylation is 1. The van der Waals surface area contributed by atoms with E-state index >= 15 is 0 Å². The summed E-state index contributed by atoms with van der Waals surface area (Å²) in [5.74, 6) is 0.637. The Kier molecular flexibility index (Phi) is 4.83. The molecule has 1 aromatic rings. The van der Waals surface area contributed by atoms with Crippen LogP contribution >= 0.6 is 0 Å². The van der Waals surface area contributed by atoms with Crippen LogP contribution < -0.4 is 5.32 Å². The second-order valence-electron chi connectivity index (χ2n) is 3.29. The van der Waals surface area contributed by atoms with Crippen molar-refractivity contribution < 1.29 is 14.1 Å². The van der Waals surface area contributed by atoms with E-state index in [2.05, 4.69) is 15.2 Å². The lowest BCUT2D eigenvalue weighted by Crippen LogP contribution is -2.15. The zero-order chi connectivity index (χ0) is 11.1. The van der Waals surface area contributed by atoms with Crippen molar-refractivity contribution in [2.75, 3.05) is 13.7 Å². The fourth-order valence-electron chi connectivity index (χ4n) is 1.17. The summed E-state index contributed by atoms with van der Waals surface area (Å²) in [7, 11) is 1.40. The van der Waals surface area contributed by atoms with E-state index in [1.807, 2.05) is 13.0 Å². The Bertz CT molecular complexity index is 309. The molecule has 0 saturated heterocycles. The summed E-state index contributed by atoms with van der Waals surface area (Å²) in [6, 6.07) is 1.88. The van der Waals surface area contributed by atoms with Gasteiger partial charge in [0, 0.05) is 12.5 Å². The van der Waals surface area contributed by atoms with Crippen LogP contribution in [-0.2, 0) is 16.1 Å². The van der Waals surface area contributed by atoms with E-state index in [4.69, 9.17) is 4.52 Å². The number of ether oxygens (including phenoxy) is 1. The van der Waals surface area contributed by atoms with Crippen LogP contribution in [0.2, 0.25) is 0 Å². The number of carbonyl (C=O) groups excluding carboxylic acids is 1. The number of rotatable bonds is 6. The first-order chi connectivity index (χ1) is 7.22. The maximum absolute atomic E-state index is 10.8. The van der Waals surface area contributed by atoms with E-state index in [-0.39, 0.29) is 5.97 Å². The van der Waals surface area contributed by atoms with Crippen molar-refractivity contribution in [2.45, 2.75) is 26.3 Å². The van der Waals surface area contributed by atoms with Gasteiger partial charge in [-0.3, -0.25) is 4.79 Å². The predicted molar refractivity (Wildman–Crippen MR) is 54.2 cm³/mol. The van der Waals surface area contributed by atoms with Crippen molar-refractivity contribution >= 4 is 5.97 Å². The van der Waals surface area contributed by atoms with Crippen molar-refractivity contribution in [3.8, 4) is 0 Å². The lowest BCUT2D eigenvalue weighted by atomic mass is 10.3. The Balaban J connectivity index is 2.05. The third-order valence-electron chi connectivity index (χ3n) is 1.94. The molecule has 0 fully saturated rings. The molecule has 1 N–H and O–H groups in total. The number of carbonyl (C=O) groups is 1. The SMILES string of the molecule is COC(=O)CCCNCc1cc(C)no1. The second-order valence-corrected chi connectivity index (χ2v) is 3.29. The van der Waals surface area contributed by atoms with Crippen LogP contribution in [0.5, 0.6) is 0 Å². The molecular formula is C10H16N2O3. The smallest absolute Gasteiger partial charge is 0.305 e. The van der Waals surface area contributed by atoms with Crippen LogP contribution in [-0.4, -0.2) is 24.8 Å². The summed E-state index contributed by atoms with van der Waals surface area (Å²) in [6.45, 7) is 3.28. The minimum Gasteiger partial charge on any atom is -0.469 e. The highest BCUT2D eigenvalue weighted by Gasteiger charge is 2.01. The van der Waals surface area contributed by atoms with Gasteiger partial charge in [-0.05, 0) is 19.9 Å². The fraction of sp³-hybridized carbons (Fsp3) is 0.600. The molecule has 15 heavy (non-hydrogen) atoms. The topological polar surface area (TPSA) is 64.4 Å². The van der Waals surface area contributed by atoms with Crippen LogP contribution in [0.15, 0.2) is 10.6 Å². The highest BCUT2D eigenvalue weighted by atomic mass is 16.5. The van der Waals surface area contributed by atoms with Gasteiger partial charge < -0.3 is 14.6 Å². The summed E-state index contributed by atoms with van der Waals surface area (Å²) in [5.41, 5.74) is 0.876. The summed E-state index contributed by atoms with van der Waals surface area (Å²) < 4.78 is 9.53. The Morgan fingerprint density at radius 1 is 1.67 bits per heavy atom. The molecule has 0 spiro atoms. The Morgan fingerprint density at radius 2 is 2.47 bits per heavy atom. The summed E-state index contributed by atoms with van der Waals surface area (Å²) >= 11 is 0. The maximum Gasteiger partial charge on any atom is 0.305 e. The zero-order valence-electron chi connectivity index (χ0n) is 9.08. The van der Waals surface area contributed by atoms with Gasteiger partial charge in [-0.15, -0.1) is 0 Å². The van der Waals surface area contributed by atoms with Crippen molar-refractivity contribution in [3.63, 3.8) is 0 Å². The number of methoxy groups -OCH3 is 1. The molecular weight excluding hydrogens is 196 g/mol. The number of hydrogen-bond donors (Lipinski definition) is 1. The molecule has 5 heteroatoms. The minimum atomic E-state index is -0.174. The maximum atomic E-state index is 10.8. The van der Waals surface area contributed by atoms with Gasteiger partial charge in [0.15, 0.2) is 5.76 Å².